The van der Waals surface area contributed by atoms with Gasteiger partial charge in [0.1, 0.15) is 5.82 Å². The topological polar surface area (TPSA) is 128 Å². The standard InChI is InChI=1S/C16H16FN5O5/c1-2-27-16(24)21-11-6-7-18-8-9(11)14(20-21)19-15(23)13-10(17)4-3-5-12(13)22(25)26/h3-5,18H,2,6-8H2,1H3,(H,19,20,23). The molecule has 3 rings (SSSR count). The molecule has 2 aromatic rings. The molecule has 1 aromatic carbocycles. The first-order chi connectivity index (χ1) is 12.9. The zero-order chi connectivity index (χ0) is 19.6. The highest BCUT2D eigenvalue weighted by Crippen LogP contribution is 2.26. The van der Waals surface area contributed by atoms with Gasteiger partial charge in [-0.2, -0.15) is 4.68 Å². The van der Waals surface area contributed by atoms with E-state index in [9.17, 15) is 24.1 Å². The Morgan fingerprint density at radius 1 is 1.48 bits per heavy atom. The van der Waals surface area contributed by atoms with Crippen LogP contribution < -0.4 is 10.6 Å². The van der Waals surface area contributed by atoms with E-state index < -0.39 is 34.0 Å². The SMILES string of the molecule is CCOC(=O)n1nc(NC(=O)c2c(F)cccc2[N+](=O)[O-])c2c1CCNC2. The van der Waals surface area contributed by atoms with Gasteiger partial charge < -0.3 is 15.4 Å². The lowest BCUT2D eigenvalue weighted by atomic mass is 10.1. The average Bonchev–Trinajstić information content (AvgIpc) is 3.00. The summed E-state index contributed by atoms with van der Waals surface area (Å²) in [7, 11) is 0. The van der Waals surface area contributed by atoms with Gasteiger partial charge in [0, 0.05) is 31.1 Å². The molecular weight excluding hydrogens is 361 g/mol. The predicted molar refractivity (Wildman–Crippen MR) is 91.1 cm³/mol. The van der Waals surface area contributed by atoms with Crippen molar-refractivity contribution in [3.63, 3.8) is 0 Å². The van der Waals surface area contributed by atoms with Crippen LogP contribution in [0.3, 0.4) is 0 Å². The van der Waals surface area contributed by atoms with E-state index >= 15 is 0 Å². The molecule has 0 saturated carbocycles. The van der Waals surface area contributed by atoms with Gasteiger partial charge in [0.25, 0.3) is 11.6 Å². The number of nitrogens with one attached hydrogen (secondary N) is 2. The summed E-state index contributed by atoms with van der Waals surface area (Å²) in [6.07, 6.45) is -0.232. The van der Waals surface area contributed by atoms with Crippen molar-refractivity contribution in [1.82, 2.24) is 15.1 Å². The van der Waals surface area contributed by atoms with E-state index in [0.717, 1.165) is 22.9 Å². The largest absolute Gasteiger partial charge is 0.448 e. The van der Waals surface area contributed by atoms with Crippen LogP contribution in [0.15, 0.2) is 18.2 Å². The lowest BCUT2D eigenvalue weighted by molar-refractivity contribution is -0.385. The minimum Gasteiger partial charge on any atom is -0.448 e. The lowest BCUT2D eigenvalue weighted by Gasteiger charge is -2.14. The Hall–Kier alpha value is -3.34. The third-order valence-electron chi connectivity index (χ3n) is 4.02. The first-order valence-electron chi connectivity index (χ1n) is 8.16. The van der Waals surface area contributed by atoms with Crippen molar-refractivity contribution in [2.24, 2.45) is 0 Å². The molecule has 0 unspecified atom stereocenters. The molecule has 1 aliphatic heterocycles. The van der Waals surface area contributed by atoms with Crippen molar-refractivity contribution >= 4 is 23.5 Å². The highest BCUT2D eigenvalue weighted by Gasteiger charge is 2.29. The molecule has 0 aliphatic carbocycles. The second-order valence-electron chi connectivity index (χ2n) is 5.66. The maximum absolute atomic E-state index is 14.1. The van der Waals surface area contributed by atoms with E-state index in [2.05, 4.69) is 15.7 Å². The number of ether oxygens (including phenoxy) is 1. The van der Waals surface area contributed by atoms with Crippen molar-refractivity contribution in [2.75, 3.05) is 18.5 Å². The van der Waals surface area contributed by atoms with E-state index in [1.54, 1.807) is 6.92 Å². The second-order valence-corrected chi connectivity index (χ2v) is 5.66. The molecule has 27 heavy (non-hydrogen) atoms. The van der Waals surface area contributed by atoms with Crippen molar-refractivity contribution in [3.8, 4) is 0 Å². The Kier molecular flexibility index (Phi) is 5.12. The Morgan fingerprint density at radius 3 is 2.96 bits per heavy atom. The van der Waals surface area contributed by atoms with Crippen LogP contribution in [0, 0.1) is 15.9 Å². The first-order valence-corrected chi connectivity index (χ1v) is 8.16. The summed E-state index contributed by atoms with van der Waals surface area (Å²) in [5.74, 6) is -2.03. The number of halogens is 1. The summed E-state index contributed by atoms with van der Waals surface area (Å²) in [5.41, 5.74) is -0.262. The molecule has 1 aromatic heterocycles. The maximum Gasteiger partial charge on any atom is 0.434 e. The Bertz CT molecular complexity index is 926. The third-order valence-corrected chi connectivity index (χ3v) is 4.02. The van der Waals surface area contributed by atoms with Crippen molar-refractivity contribution < 1.29 is 23.6 Å². The lowest BCUT2D eigenvalue weighted by Crippen LogP contribution is -2.27. The van der Waals surface area contributed by atoms with Crippen LogP contribution >= 0.6 is 0 Å². The zero-order valence-electron chi connectivity index (χ0n) is 14.3. The van der Waals surface area contributed by atoms with Crippen LogP contribution in [-0.4, -0.2) is 39.9 Å². The quantitative estimate of drug-likeness (QED) is 0.614. The van der Waals surface area contributed by atoms with Crippen LogP contribution in [0.5, 0.6) is 0 Å². The molecule has 0 radical (unpaired) electrons. The molecule has 0 fully saturated rings. The number of hydrogen-bond acceptors (Lipinski definition) is 7. The molecular formula is C16H16FN5O5. The number of fused-ring (bicyclic) bond motifs is 1. The van der Waals surface area contributed by atoms with Crippen LogP contribution in [0.25, 0.3) is 0 Å². The molecule has 1 aliphatic rings. The number of nitro groups is 1. The number of anilines is 1. The minimum absolute atomic E-state index is 0.0211. The van der Waals surface area contributed by atoms with E-state index in [1.807, 2.05) is 0 Å². The van der Waals surface area contributed by atoms with Gasteiger partial charge >= 0.3 is 6.09 Å². The molecule has 142 valence electrons. The van der Waals surface area contributed by atoms with E-state index in [4.69, 9.17) is 4.74 Å². The van der Waals surface area contributed by atoms with Gasteiger partial charge in [0.05, 0.1) is 17.2 Å². The van der Waals surface area contributed by atoms with Gasteiger partial charge in [-0.25, -0.2) is 9.18 Å². The van der Waals surface area contributed by atoms with Crippen LogP contribution in [0.4, 0.5) is 20.7 Å². The van der Waals surface area contributed by atoms with E-state index in [0.29, 0.717) is 30.8 Å². The average molecular weight is 377 g/mol. The summed E-state index contributed by atoms with van der Waals surface area (Å²) in [6.45, 7) is 2.72. The minimum atomic E-state index is -1.03. The fourth-order valence-corrected chi connectivity index (χ4v) is 2.84. The maximum atomic E-state index is 14.1. The number of carbonyl (C=O) groups is 2. The molecule has 0 bridgehead atoms. The first kappa shape index (κ1) is 18.5. The van der Waals surface area contributed by atoms with Gasteiger partial charge in [-0.15, -0.1) is 5.10 Å². The van der Waals surface area contributed by atoms with Gasteiger partial charge in [-0.05, 0) is 13.0 Å². The fraction of sp³-hybridized carbons (Fsp3) is 0.312. The number of nitrogens with zero attached hydrogens (tertiary/aromatic N) is 3. The number of nitro benzene ring substituents is 1. The molecule has 10 nitrogen and oxygen atoms in total. The monoisotopic (exact) mass is 377 g/mol. The number of aromatic nitrogens is 2. The van der Waals surface area contributed by atoms with Gasteiger partial charge in [-0.1, -0.05) is 6.07 Å². The number of rotatable bonds is 4. The molecule has 11 heteroatoms. The molecule has 1 amide bonds. The van der Waals surface area contributed by atoms with Gasteiger partial charge in [0.15, 0.2) is 11.4 Å². The second kappa shape index (κ2) is 7.50. The number of benzene rings is 1. The number of hydrogen-bond donors (Lipinski definition) is 2. The van der Waals surface area contributed by atoms with Crippen molar-refractivity contribution in [3.05, 3.63) is 51.0 Å². The number of carbonyl (C=O) groups excluding carboxylic acids is 2. The normalized spacial score (nSPS) is 13.0. The van der Waals surface area contributed by atoms with E-state index in [-0.39, 0.29) is 12.4 Å². The predicted octanol–water partition coefficient (Wildman–Crippen LogP) is 1.83. The summed E-state index contributed by atoms with van der Waals surface area (Å²) in [6, 6.07) is 3.13. The number of amides is 1. The Morgan fingerprint density at radius 2 is 2.26 bits per heavy atom. The van der Waals surface area contributed by atoms with Crippen LogP contribution in [-0.2, 0) is 17.7 Å². The molecule has 2 heterocycles. The molecule has 0 spiro atoms. The Balaban J connectivity index is 1.98. The third kappa shape index (κ3) is 3.49. The summed E-state index contributed by atoms with van der Waals surface area (Å²) in [5, 5.41) is 20.6. The summed E-state index contributed by atoms with van der Waals surface area (Å²) >= 11 is 0. The summed E-state index contributed by atoms with van der Waals surface area (Å²) < 4.78 is 20.1. The summed E-state index contributed by atoms with van der Waals surface area (Å²) in [4.78, 5) is 34.8. The van der Waals surface area contributed by atoms with Gasteiger partial charge in [0.2, 0.25) is 0 Å². The highest BCUT2D eigenvalue weighted by atomic mass is 19.1. The Labute approximate surface area is 152 Å². The zero-order valence-corrected chi connectivity index (χ0v) is 14.3. The molecule has 0 atom stereocenters. The molecule has 2 N–H and O–H groups in total. The van der Waals surface area contributed by atoms with Crippen LogP contribution in [0.2, 0.25) is 0 Å². The van der Waals surface area contributed by atoms with Crippen LogP contribution in [0.1, 0.15) is 28.5 Å². The van der Waals surface area contributed by atoms with E-state index in [1.165, 1.54) is 0 Å². The van der Waals surface area contributed by atoms with Gasteiger partial charge in [-0.3, -0.25) is 14.9 Å². The van der Waals surface area contributed by atoms with Crippen molar-refractivity contribution in [1.29, 1.82) is 0 Å². The molecule has 0 saturated heterocycles. The van der Waals surface area contributed by atoms with Crippen molar-refractivity contribution in [2.45, 2.75) is 19.9 Å². The highest BCUT2D eigenvalue weighted by molar-refractivity contribution is 6.07. The fourth-order valence-electron chi connectivity index (χ4n) is 2.84. The smallest absolute Gasteiger partial charge is 0.434 e.